The van der Waals surface area contributed by atoms with Crippen LogP contribution in [0.2, 0.25) is 0 Å². The van der Waals surface area contributed by atoms with Crippen molar-refractivity contribution < 1.29 is 14.6 Å². The molecule has 0 radical (unpaired) electrons. The Balaban J connectivity index is 1.75. The van der Waals surface area contributed by atoms with Gasteiger partial charge in [0.2, 0.25) is 0 Å². The molecular formula is C20H25NO3. The third-order valence-corrected chi connectivity index (χ3v) is 4.25. The first kappa shape index (κ1) is 16.8. The van der Waals surface area contributed by atoms with Gasteiger partial charge in [0.1, 0.15) is 5.75 Å². The second-order valence-corrected chi connectivity index (χ2v) is 6.10. The largest absolute Gasteiger partial charge is 0.490 e. The number of rotatable bonds is 7. The number of benzene rings is 2. The number of ether oxygens (including phenoxy) is 2. The molecule has 0 atom stereocenters. The summed E-state index contributed by atoms with van der Waals surface area (Å²) in [4.78, 5) is 2.47. The van der Waals surface area contributed by atoms with E-state index in [0.29, 0.717) is 6.61 Å². The smallest absolute Gasteiger partial charge is 0.169 e. The molecule has 0 aliphatic carbocycles. The first-order chi connectivity index (χ1) is 11.8. The van der Waals surface area contributed by atoms with E-state index in [0.717, 1.165) is 29.4 Å². The van der Waals surface area contributed by atoms with Crippen LogP contribution < -0.4 is 9.47 Å². The van der Waals surface area contributed by atoms with E-state index in [1.165, 1.54) is 31.5 Å². The van der Waals surface area contributed by atoms with E-state index >= 15 is 0 Å². The van der Waals surface area contributed by atoms with Crippen molar-refractivity contribution in [1.82, 2.24) is 4.90 Å². The quantitative estimate of drug-likeness (QED) is 0.835. The summed E-state index contributed by atoms with van der Waals surface area (Å²) in [5.74, 6) is 2.24. The summed E-state index contributed by atoms with van der Waals surface area (Å²) in [6.45, 7) is 5.94. The monoisotopic (exact) mass is 327 g/mol. The summed E-state index contributed by atoms with van der Waals surface area (Å²) in [6, 6.07) is 13.6. The van der Waals surface area contributed by atoms with Crippen molar-refractivity contribution in [1.29, 1.82) is 0 Å². The van der Waals surface area contributed by atoms with Gasteiger partial charge in [-0.15, -0.1) is 0 Å². The molecule has 0 saturated carbocycles. The molecule has 0 spiro atoms. The third kappa shape index (κ3) is 4.28. The Morgan fingerprint density at radius 2 is 1.67 bits per heavy atom. The van der Waals surface area contributed by atoms with Crippen LogP contribution >= 0.6 is 0 Å². The average molecular weight is 327 g/mol. The van der Waals surface area contributed by atoms with Crippen LogP contribution in [-0.4, -0.2) is 29.7 Å². The average Bonchev–Trinajstić information content (AvgIpc) is 3.11. The minimum Gasteiger partial charge on any atom is -0.490 e. The van der Waals surface area contributed by atoms with Crippen molar-refractivity contribution in [3.63, 3.8) is 0 Å². The molecule has 1 N–H and O–H groups in total. The van der Waals surface area contributed by atoms with Crippen molar-refractivity contribution in [2.75, 3.05) is 19.7 Å². The molecule has 0 unspecified atom stereocenters. The maximum atomic E-state index is 9.12. The van der Waals surface area contributed by atoms with E-state index in [4.69, 9.17) is 14.6 Å². The highest BCUT2D eigenvalue weighted by molar-refractivity contribution is 5.45. The Bertz CT molecular complexity index is 648. The Kier molecular flexibility index (Phi) is 5.72. The number of nitrogens with zero attached hydrogens (tertiary/aromatic N) is 1. The first-order valence-corrected chi connectivity index (χ1v) is 8.64. The van der Waals surface area contributed by atoms with E-state index in [-0.39, 0.29) is 6.61 Å². The van der Waals surface area contributed by atoms with Gasteiger partial charge in [-0.2, -0.15) is 0 Å². The molecule has 3 rings (SSSR count). The topological polar surface area (TPSA) is 41.9 Å². The van der Waals surface area contributed by atoms with Gasteiger partial charge in [-0.05, 0) is 68.2 Å². The molecule has 0 bridgehead atoms. The standard InChI is InChI=1S/C20H25NO3/c1-2-23-20-13-17(14-21-11-3-4-12-21)7-10-19(20)24-18-8-5-16(15-22)6-9-18/h5-10,13,22H,2-4,11-12,14-15H2,1H3. The Hall–Kier alpha value is -2.04. The van der Waals surface area contributed by atoms with Crippen LogP contribution in [0.25, 0.3) is 0 Å². The molecule has 4 heteroatoms. The summed E-state index contributed by atoms with van der Waals surface area (Å²) in [7, 11) is 0. The van der Waals surface area contributed by atoms with Crippen molar-refractivity contribution >= 4 is 0 Å². The summed E-state index contributed by atoms with van der Waals surface area (Å²) in [5, 5.41) is 9.12. The number of hydrogen-bond donors (Lipinski definition) is 1. The Morgan fingerprint density at radius 1 is 0.958 bits per heavy atom. The fourth-order valence-corrected chi connectivity index (χ4v) is 2.99. The van der Waals surface area contributed by atoms with Crippen LogP contribution in [0, 0.1) is 0 Å². The van der Waals surface area contributed by atoms with Gasteiger partial charge >= 0.3 is 0 Å². The Morgan fingerprint density at radius 3 is 2.33 bits per heavy atom. The zero-order chi connectivity index (χ0) is 16.8. The minimum absolute atomic E-state index is 0.0374. The van der Waals surface area contributed by atoms with Gasteiger partial charge in [0.25, 0.3) is 0 Å². The summed E-state index contributed by atoms with van der Waals surface area (Å²) in [5.41, 5.74) is 2.12. The van der Waals surface area contributed by atoms with Gasteiger partial charge in [0, 0.05) is 6.54 Å². The molecule has 0 aromatic heterocycles. The summed E-state index contributed by atoms with van der Waals surface area (Å²) >= 11 is 0. The van der Waals surface area contributed by atoms with Crippen LogP contribution in [-0.2, 0) is 13.2 Å². The molecule has 0 amide bonds. The van der Waals surface area contributed by atoms with Gasteiger partial charge in [-0.1, -0.05) is 18.2 Å². The van der Waals surface area contributed by atoms with Crippen molar-refractivity contribution in [2.24, 2.45) is 0 Å². The van der Waals surface area contributed by atoms with Gasteiger partial charge in [-0.3, -0.25) is 4.90 Å². The molecule has 1 saturated heterocycles. The zero-order valence-corrected chi connectivity index (χ0v) is 14.2. The van der Waals surface area contributed by atoms with Gasteiger partial charge in [0.15, 0.2) is 11.5 Å². The lowest BCUT2D eigenvalue weighted by atomic mass is 10.2. The van der Waals surface area contributed by atoms with E-state index < -0.39 is 0 Å². The molecule has 4 nitrogen and oxygen atoms in total. The molecule has 1 aliphatic heterocycles. The fourth-order valence-electron chi connectivity index (χ4n) is 2.99. The highest BCUT2D eigenvalue weighted by Crippen LogP contribution is 2.33. The summed E-state index contributed by atoms with van der Waals surface area (Å²) < 4.78 is 11.7. The SMILES string of the molecule is CCOc1cc(CN2CCCC2)ccc1Oc1ccc(CO)cc1. The number of likely N-dealkylation sites (tertiary alicyclic amines) is 1. The molecule has 1 heterocycles. The van der Waals surface area contributed by atoms with Crippen LogP contribution in [0.5, 0.6) is 17.2 Å². The van der Waals surface area contributed by atoms with E-state index in [1.807, 2.05) is 37.3 Å². The van der Waals surface area contributed by atoms with E-state index in [2.05, 4.69) is 17.0 Å². The first-order valence-electron chi connectivity index (χ1n) is 8.64. The highest BCUT2D eigenvalue weighted by atomic mass is 16.5. The molecule has 1 fully saturated rings. The van der Waals surface area contributed by atoms with E-state index in [9.17, 15) is 0 Å². The molecule has 24 heavy (non-hydrogen) atoms. The normalized spacial score (nSPS) is 14.8. The number of aliphatic hydroxyl groups is 1. The van der Waals surface area contributed by atoms with Crippen LogP contribution in [0.4, 0.5) is 0 Å². The number of aliphatic hydroxyl groups excluding tert-OH is 1. The lowest BCUT2D eigenvalue weighted by Crippen LogP contribution is -2.18. The molecule has 2 aromatic rings. The van der Waals surface area contributed by atoms with Crippen molar-refractivity contribution in [3.05, 3.63) is 53.6 Å². The van der Waals surface area contributed by atoms with Gasteiger partial charge in [-0.25, -0.2) is 0 Å². The van der Waals surface area contributed by atoms with Crippen molar-refractivity contribution in [3.8, 4) is 17.2 Å². The molecule has 128 valence electrons. The number of hydrogen-bond acceptors (Lipinski definition) is 4. The maximum absolute atomic E-state index is 9.12. The van der Waals surface area contributed by atoms with Gasteiger partial charge < -0.3 is 14.6 Å². The fraction of sp³-hybridized carbons (Fsp3) is 0.400. The molecule has 1 aliphatic rings. The van der Waals surface area contributed by atoms with Crippen LogP contribution in [0.15, 0.2) is 42.5 Å². The Labute approximate surface area is 143 Å². The predicted molar refractivity (Wildman–Crippen MR) is 94.6 cm³/mol. The second-order valence-electron chi connectivity index (χ2n) is 6.10. The third-order valence-electron chi connectivity index (χ3n) is 4.25. The van der Waals surface area contributed by atoms with E-state index in [1.54, 1.807) is 0 Å². The molecule has 2 aromatic carbocycles. The lowest BCUT2D eigenvalue weighted by molar-refractivity contribution is 0.281. The lowest BCUT2D eigenvalue weighted by Gasteiger charge is -2.17. The van der Waals surface area contributed by atoms with Crippen LogP contribution in [0.3, 0.4) is 0 Å². The molecular weight excluding hydrogens is 302 g/mol. The summed E-state index contributed by atoms with van der Waals surface area (Å²) in [6.07, 6.45) is 2.59. The predicted octanol–water partition coefficient (Wildman–Crippen LogP) is 3.97. The maximum Gasteiger partial charge on any atom is 0.169 e. The van der Waals surface area contributed by atoms with Gasteiger partial charge in [0.05, 0.1) is 13.2 Å². The second kappa shape index (κ2) is 8.18. The van der Waals surface area contributed by atoms with Crippen LogP contribution in [0.1, 0.15) is 30.9 Å². The van der Waals surface area contributed by atoms with Crippen molar-refractivity contribution in [2.45, 2.75) is 32.9 Å². The minimum atomic E-state index is 0.0374. The highest BCUT2D eigenvalue weighted by Gasteiger charge is 2.14. The zero-order valence-electron chi connectivity index (χ0n) is 14.2.